The summed E-state index contributed by atoms with van der Waals surface area (Å²) in [6.07, 6.45) is 1.15. The lowest BCUT2D eigenvalue weighted by Crippen LogP contribution is -2.53. The molecule has 14 heavy (non-hydrogen) atoms. The van der Waals surface area contributed by atoms with E-state index < -0.39 is 0 Å². The molecular weight excluding hydrogens is 176 g/mol. The Bertz CT molecular complexity index is 150. The zero-order chi connectivity index (χ0) is 10.4. The number of nitrogens with zero attached hydrogens (tertiary/aromatic N) is 1. The molecule has 1 heterocycles. The molecule has 1 aliphatic rings. The molecule has 1 N–H and O–H groups in total. The molecule has 0 radical (unpaired) electrons. The van der Waals surface area contributed by atoms with E-state index in [0.717, 1.165) is 32.0 Å². The predicted molar refractivity (Wildman–Crippen MR) is 59.6 cm³/mol. The zero-order valence-corrected chi connectivity index (χ0v) is 9.75. The number of piperazine rings is 1. The third kappa shape index (κ3) is 3.56. The van der Waals surface area contributed by atoms with Gasteiger partial charge in [-0.2, -0.15) is 0 Å². The number of hydrogen-bond acceptors (Lipinski definition) is 3. The van der Waals surface area contributed by atoms with E-state index in [1.54, 1.807) is 7.11 Å². The summed E-state index contributed by atoms with van der Waals surface area (Å²) in [7, 11) is 1.78. The van der Waals surface area contributed by atoms with Crippen molar-refractivity contribution in [3.8, 4) is 0 Å². The highest BCUT2D eigenvalue weighted by molar-refractivity contribution is 4.81. The van der Waals surface area contributed by atoms with Crippen LogP contribution in [0.2, 0.25) is 0 Å². The van der Waals surface area contributed by atoms with Crippen LogP contribution >= 0.6 is 0 Å². The molecule has 0 aromatic heterocycles. The maximum absolute atomic E-state index is 5.09. The molecule has 0 bridgehead atoms. The van der Waals surface area contributed by atoms with E-state index in [2.05, 4.69) is 24.1 Å². The summed E-state index contributed by atoms with van der Waals surface area (Å²) in [5.41, 5.74) is 0. The van der Waals surface area contributed by atoms with E-state index >= 15 is 0 Å². The Morgan fingerprint density at radius 2 is 2.29 bits per heavy atom. The van der Waals surface area contributed by atoms with Gasteiger partial charge in [-0.05, 0) is 12.3 Å². The minimum atomic E-state index is 0.709. The van der Waals surface area contributed by atoms with Crippen molar-refractivity contribution < 1.29 is 4.74 Å². The van der Waals surface area contributed by atoms with Gasteiger partial charge in [0.1, 0.15) is 0 Å². The second kappa shape index (κ2) is 6.38. The minimum absolute atomic E-state index is 0.709. The minimum Gasteiger partial charge on any atom is -0.385 e. The molecule has 84 valence electrons. The van der Waals surface area contributed by atoms with Crippen LogP contribution in [0.15, 0.2) is 0 Å². The van der Waals surface area contributed by atoms with Gasteiger partial charge in [0.25, 0.3) is 0 Å². The van der Waals surface area contributed by atoms with Gasteiger partial charge in [-0.15, -0.1) is 0 Å². The smallest absolute Gasteiger partial charge is 0.0474 e. The number of nitrogens with one attached hydrogen (secondary N) is 1. The number of rotatable bonds is 5. The highest BCUT2D eigenvalue weighted by Gasteiger charge is 2.23. The Balaban J connectivity index is 2.30. The van der Waals surface area contributed by atoms with Gasteiger partial charge in [-0.25, -0.2) is 0 Å². The largest absolute Gasteiger partial charge is 0.385 e. The second-order valence-electron chi connectivity index (χ2n) is 4.40. The van der Waals surface area contributed by atoms with Crippen LogP contribution in [0, 0.1) is 5.92 Å². The number of methoxy groups -OCH3 is 1. The molecule has 1 saturated heterocycles. The van der Waals surface area contributed by atoms with Crippen LogP contribution in [0.5, 0.6) is 0 Å². The third-order valence-corrected chi connectivity index (χ3v) is 2.96. The first kappa shape index (κ1) is 12.0. The monoisotopic (exact) mass is 200 g/mol. The average molecular weight is 200 g/mol. The first-order chi connectivity index (χ1) is 6.75. The molecule has 0 aliphatic carbocycles. The lowest BCUT2D eigenvalue weighted by molar-refractivity contribution is 0.106. The summed E-state index contributed by atoms with van der Waals surface area (Å²) in [6.45, 7) is 10.1. The Hall–Kier alpha value is -0.120. The number of hydrogen-bond donors (Lipinski definition) is 1. The van der Waals surface area contributed by atoms with E-state index in [9.17, 15) is 0 Å². The highest BCUT2D eigenvalue weighted by atomic mass is 16.5. The molecule has 1 unspecified atom stereocenters. The van der Waals surface area contributed by atoms with E-state index in [1.807, 2.05) is 0 Å². The molecule has 0 spiro atoms. The fourth-order valence-electron chi connectivity index (χ4n) is 2.11. The Kier molecular flexibility index (Phi) is 5.45. The maximum atomic E-state index is 5.09. The summed E-state index contributed by atoms with van der Waals surface area (Å²) in [5.74, 6) is 0.741. The fraction of sp³-hybridized carbons (Fsp3) is 1.00. The molecular formula is C11H24N2O. The van der Waals surface area contributed by atoms with Gasteiger partial charge >= 0.3 is 0 Å². The van der Waals surface area contributed by atoms with Crippen molar-refractivity contribution in [2.45, 2.75) is 26.3 Å². The van der Waals surface area contributed by atoms with Crippen molar-refractivity contribution in [2.24, 2.45) is 5.92 Å². The summed E-state index contributed by atoms with van der Waals surface area (Å²) in [4.78, 5) is 2.60. The topological polar surface area (TPSA) is 24.5 Å². The quantitative estimate of drug-likeness (QED) is 0.669. The SMILES string of the molecule is COCCCN1CCNCC1C(C)C. The van der Waals surface area contributed by atoms with Gasteiger partial charge in [0.05, 0.1) is 0 Å². The van der Waals surface area contributed by atoms with Gasteiger partial charge in [0.2, 0.25) is 0 Å². The predicted octanol–water partition coefficient (Wildman–Crippen LogP) is 0.953. The fourth-order valence-corrected chi connectivity index (χ4v) is 2.11. The highest BCUT2D eigenvalue weighted by Crippen LogP contribution is 2.12. The molecule has 0 aromatic carbocycles. The number of ether oxygens (including phenoxy) is 1. The Morgan fingerprint density at radius 1 is 1.50 bits per heavy atom. The molecule has 0 amide bonds. The third-order valence-electron chi connectivity index (χ3n) is 2.96. The van der Waals surface area contributed by atoms with Crippen LogP contribution in [-0.2, 0) is 4.74 Å². The first-order valence-corrected chi connectivity index (χ1v) is 5.69. The summed E-state index contributed by atoms with van der Waals surface area (Å²) in [6, 6.07) is 0.709. The second-order valence-corrected chi connectivity index (χ2v) is 4.40. The summed E-state index contributed by atoms with van der Waals surface area (Å²) in [5, 5.41) is 3.46. The van der Waals surface area contributed by atoms with Gasteiger partial charge in [0, 0.05) is 45.9 Å². The van der Waals surface area contributed by atoms with E-state index in [-0.39, 0.29) is 0 Å². The van der Waals surface area contributed by atoms with Crippen molar-refractivity contribution in [3.63, 3.8) is 0 Å². The van der Waals surface area contributed by atoms with Crippen LogP contribution in [0.1, 0.15) is 20.3 Å². The summed E-state index contributed by atoms with van der Waals surface area (Å²) >= 11 is 0. The standard InChI is InChI=1S/C11H24N2O/c1-10(2)11-9-12-5-7-13(11)6-4-8-14-3/h10-12H,4-9H2,1-3H3. The Labute approximate surface area is 87.8 Å². The van der Waals surface area contributed by atoms with Gasteiger partial charge in [-0.1, -0.05) is 13.8 Å². The molecule has 0 aromatic rings. The average Bonchev–Trinajstić information content (AvgIpc) is 2.19. The maximum Gasteiger partial charge on any atom is 0.0474 e. The van der Waals surface area contributed by atoms with Crippen molar-refractivity contribution >= 4 is 0 Å². The van der Waals surface area contributed by atoms with E-state index in [0.29, 0.717) is 6.04 Å². The van der Waals surface area contributed by atoms with Crippen LogP contribution in [0.3, 0.4) is 0 Å². The normalized spacial score (nSPS) is 24.4. The van der Waals surface area contributed by atoms with Crippen LogP contribution < -0.4 is 5.32 Å². The van der Waals surface area contributed by atoms with E-state index in [4.69, 9.17) is 4.74 Å². The molecule has 3 heteroatoms. The van der Waals surface area contributed by atoms with Crippen LogP contribution in [-0.4, -0.2) is 50.8 Å². The Morgan fingerprint density at radius 3 is 2.93 bits per heavy atom. The van der Waals surface area contributed by atoms with Gasteiger partial charge in [-0.3, -0.25) is 4.90 Å². The van der Waals surface area contributed by atoms with Gasteiger partial charge in [0.15, 0.2) is 0 Å². The van der Waals surface area contributed by atoms with E-state index in [1.165, 1.54) is 13.1 Å². The van der Waals surface area contributed by atoms with Crippen LogP contribution in [0.4, 0.5) is 0 Å². The van der Waals surface area contributed by atoms with Crippen LogP contribution in [0.25, 0.3) is 0 Å². The van der Waals surface area contributed by atoms with Crippen molar-refractivity contribution in [1.82, 2.24) is 10.2 Å². The molecule has 0 saturated carbocycles. The lowest BCUT2D eigenvalue weighted by Gasteiger charge is -2.38. The van der Waals surface area contributed by atoms with Gasteiger partial charge < -0.3 is 10.1 Å². The molecule has 1 fully saturated rings. The van der Waals surface area contributed by atoms with Crippen molar-refractivity contribution in [3.05, 3.63) is 0 Å². The zero-order valence-electron chi connectivity index (χ0n) is 9.75. The van der Waals surface area contributed by atoms with Crippen molar-refractivity contribution in [2.75, 3.05) is 39.9 Å². The van der Waals surface area contributed by atoms with Crippen molar-refractivity contribution in [1.29, 1.82) is 0 Å². The first-order valence-electron chi connectivity index (χ1n) is 5.69. The lowest BCUT2D eigenvalue weighted by atomic mass is 10.0. The molecule has 1 rings (SSSR count). The molecule has 3 nitrogen and oxygen atoms in total. The molecule has 1 aliphatic heterocycles. The summed E-state index contributed by atoms with van der Waals surface area (Å²) < 4.78 is 5.09. The molecule has 1 atom stereocenters.